The van der Waals surface area contributed by atoms with Gasteiger partial charge in [-0.2, -0.15) is 5.10 Å². The van der Waals surface area contributed by atoms with Gasteiger partial charge >= 0.3 is 0 Å². The van der Waals surface area contributed by atoms with Crippen molar-refractivity contribution in [1.82, 2.24) is 5.43 Å². The van der Waals surface area contributed by atoms with Crippen molar-refractivity contribution >= 4 is 35.3 Å². The van der Waals surface area contributed by atoms with E-state index in [1.807, 2.05) is 13.0 Å². The predicted octanol–water partition coefficient (Wildman–Crippen LogP) is 4.08. The first-order valence-corrected chi connectivity index (χ1v) is 7.73. The zero-order chi connectivity index (χ0) is 17.7. The lowest BCUT2D eigenvalue weighted by Crippen LogP contribution is -2.18. The number of nitrogens with zero attached hydrogens (tertiary/aromatic N) is 1. The number of rotatable bonds is 5. The van der Waals surface area contributed by atoms with Crippen LogP contribution in [0.15, 0.2) is 35.4 Å². The molecule has 0 aliphatic carbocycles. The van der Waals surface area contributed by atoms with Crippen LogP contribution < -0.4 is 14.9 Å². The van der Waals surface area contributed by atoms with Gasteiger partial charge in [-0.1, -0.05) is 29.3 Å². The number of benzene rings is 2. The van der Waals surface area contributed by atoms with E-state index in [-0.39, 0.29) is 5.91 Å². The van der Waals surface area contributed by atoms with E-state index in [1.165, 1.54) is 20.4 Å². The van der Waals surface area contributed by atoms with Crippen LogP contribution in [-0.4, -0.2) is 26.3 Å². The Kier molecular flexibility index (Phi) is 6.06. The van der Waals surface area contributed by atoms with Crippen molar-refractivity contribution < 1.29 is 14.3 Å². The van der Waals surface area contributed by atoms with Crippen LogP contribution in [0.2, 0.25) is 10.0 Å². The van der Waals surface area contributed by atoms with Crippen LogP contribution in [0, 0.1) is 6.92 Å². The summed E-state index contributed by atoms with van der Waals surface area (Å²) in [5.41, 5.74) is 4.46. The molecule has 2 aromatic carbocycles. The molecule has 1 N–H and O–H groups in total. The number of hydrogen-bond acceptors (Lipinski definition) is 4. The number of aryl methyl sites for hydroxylation is 1. The van der Waals surface area contributed by atoms with Crippen LogP contribution in [0.3, 0.4) is 0 Å². The lowest BCUT2D eigenvalue weighted by atomic mass is 10.1. The number of carbonyl (C=O) groups is 1. The van der Waals surface area contributed by atoms with Crippen molar-refractivity contribution in [2.45, 2.75) is 6.92 Å². The summed E-state index contributed by atoms with van der Waals surface area (Å²) in [7, 11) is 2.99. The van der Waals surface area contributed by atoms with Crippen molar-refractivity contribution in [2.24, 2.45) is 5.10 Å². The van der Waals surface area contributed by atoms with Crippen LogP contribution in [-0.2, 0) is 0 Å². The Morgan fingerprint density at radius 2 is 1.79 bits per heavy atom. The Balaban J connectivity index is 2.13. The van der Waals surface area contributed by atoms with E-state index in [0.717, 1.165) is 5.56 Å². The van der Waals surface area contributed by atoms with Gasteiger partial charge in [-0.05, 0) is 42.3 Å². The van der Waals surface area contributed by atoms with Crippen molar-refractivity contribution in [2.75, 3.05) is 14.2 Å². The summed E-state index contributed by atoms with van der Waals surface area (Å²) in [5.74, 6) is 0.496. The molecule has 0 spiro atoms. The van der Waals surface area contributed by atoms with E-state index < -0.39 is 0 Å². The molecule has 0 aliphatic heterocycles. The van der Waals surface area contributed by atoms with Crippen LogP contribution in [0.5, 0.6) is 11.5 Å². The zero-order valence-corrected chi connectivity index (χ0v) is 14.9. The largest absolute Gasteiger partial charge is 0.496 e. The molecule has 0 bridgehead atoms. The number of methoxy groups -OCH3 is 2. The molecule has 0 heterocycles. The smallest absolute Gasteiger partial charge is 0.275 e. The Bertz CT molecular complexity index is 768. The molecule has 0 aromatic heterocycles. The molecule has 24 heavy (non-hydrogen) atoms. The molecule has 0 unspecified atom stereocenters. The lowest BCUT2D eigenvalue weighted by Gasteiger charge is -2.08. The van der Waals surface area contributed by atoms with Gasteiger partial charge < -0.3 is 9.47 Å². The minimum Gasteiger partial charge on any atom is -0.496 e. The minimum absolute atomic E-state index is 0.359. The molecule has 0 saturated carbocycles. The normalized spacial score (nSPS) is 10.7. The Morgan fingerprint density at radius 1 is 1.12 bits per heavy atom. The van der Waals surface area contributed by atoms with Gasteiger partial charge in [0.25, 0.3) is 5.91 Å². The maximum atomic E-state index is 12.2. The summed E-state index contributed by atoms with van der Waals surface area (Å²) in [6.45, 7) is 1.92. The highest BCUT2D eigenvalue weighted by Crippen LogP contribution is 2.33. The van der Waals surface area contributed by atoms with Gasteiger partial charge in [0, 0.05) is 0 Å². The summed E-state index contributed by atoms with van der Waals surface area (Å²) in [4.78, 5) is 12.2. The predicted molar refractivity (Wildman–Crippen MR) is 95.8 cm³/mol. The summed E-state index contributed by atoms with van der Waals surface area (Å²) in [6, 6.07) is 8.55. The zero-order valence-electron chi connectivity index (χ0n) is 13.4. The van der Waals surface area contributed by atoms with Gasteiger partial charge in [0.15, 0.2) is 5.75 Å². The highest BCUT2D eigenvalue weighted by Gasteiger charge is 2.11. The van der Waals surface area contributed by atoms with Gasteiger partial charge in [-0.3, -0.25) is 4.79 Å². The van der Waals surface area contributed by atoms with Gasteiger partial charge in [-0.25, -0.2) is 5.43 Å². The van der Waals surface area contributed by atoms with Crippen LogP contribution >= 0.6 is 23.2 Å². The third-order valence-electron chi connectivity index (χ3n) is 3.21. The number of nitrogens with one attached hydrogen (secondary N) is 1. The minimum atomic E-state index is -0.381. The maximum absolute atomic E-state index is 12.2. The quantitative estimate of drug-likeness (QED) is 0.640. The highest BCUT2D eigenvalue weighted by molar-refractivity contribution is 6.37. The molecule has 0 fully saturated rings. The number of ether oxygens (including phenoxy) is 2. The maximum Gasteiger partial charge on any atom is 0.275 e. The Morgan fingerprint density at radius 3 is 2.38 bits per heavy atom. The third kappa shape index (κ3) is 4.19. The summed E-state index contributed by atoms with van der Waals surface area (Å²) in [6.07, 6.45) is 1.44. The second-order valence-corrected chi connectivity index (χ2v) is 5.74. The number of carbonyl (C=O) groups excluding carboxylic acids is 1. The first kappa shape index (κ1) is 18.1. The van der Waals surface area contributed by atoms with Crippen molar-refractivity contribution in [3.63, 3.8) is 0 Å². The average Bonchev–Trinajstić information content (AvgIpc) is 2.54. The number of halogens is 2. The molecule has 0 radical (unpaired) electrons. The molecular formula is C17H16Cl2N2O3. The highest BCUT2D eigenvalue weighted by atomic mass is 35.5. The first-order chi connectivity index (χ1) is 11.5. The summed E-state index contributed by atoms with van der Waals surface area (Å²) < 4.78 is 10.3. The number of hydrogen-bond donors (Lipinski definition) is 1. The molecule has 0 saturated heterocycles. The fraction of sp³-hybridized carbons (Fsp3) is 0.176. The molecule has 2 aromatic rings. The lowest BCUT2D eigenvalue weighted by molar-refractivity contribution is 0.0952. The van der Waals surface area contributed by atoms with Crippen LogP contribution in [0.1, 0.15) is 21.5 Å². The monoisotopic (exact) mass is 366 g/mol. The molecule has 1 amide bonds. The van der Waals surface area contributed by atoms with E-state index in [0.29, 0.717) is 32.7 Å². The second kappa shape index (κ2) is 8.04. The molecular weight excluding hydrogens is 351 g/mol. The van der Waals surface area contributed by atoms with Gasteiger partial charge in [0.05, 0.1) is 36.0 Å². The third-order valence-corrected chi connectivity index (χ3v) is 3.77. The van der Waals surface area contributed by atoms with Crippen molar-refractivity contribution in [3.05, 3.63) is 57.1 Å². The Hall–Kier alpha value is -2.24. The molecule has 0 aliphatic rings. The fourth-order valence-electron chi connectivity index (χ4n) is 2.06. The van der Waals surface area contributed by atoms with Crippen molar-refractivity contribution in [3.8, 4) is 11.5 Å². The summed E-state index contributed by atoms with van der Waals surface area (Å²) in [5, 5.41) is 4.63. The van der Waals surface area contributed by atoms with Gasteiger partial charge in [-0.15, -0.1) is 0 Å². The molecule has 0 atom stereocenters. The van der Waals surface area contributed by atoms with E-state index >= 15 is 0 Å². The summed E-state index contributed by atoms with van der Waals surface area (Å²) >= 11 is 12.1. The number of hydrazone groups is 1. The topological polar surface area (TPSA) is 59.9 Å². The van der Waals surface area contributed by atoms with E-state index in [1.54, 1.807) is 24.3 Å². The van der Waals surface area contributed by atoms with Gasteiger partial charge in [0.1, 0.15) is 5.75 Å². The molecule has 2 rings (SSSR count). The van der Waals surface area contributed by atoms with Gasteiger partial charge in [0.2, 0.25) is 0 Å². The average molecular weight is 367 g/mol. The molecule has 5 nitrogen and oxygen atoms in total. The fourth-order valence-corrected chi connectivity index (χ4v) is 2.72. The standard InChI is InChI=1S/C17H16Cl2N2O3/c1-10-4-5-12(15(6-10)23-2)17(22)21-20-9-11-7-13(18)16(24-3)14(19)8-11/h4-9H,1-3H3,(H,21,22)/b20-9-. The number of amides is 1. The van der Waals surface area contributed by atoms with Crippen molar-refractivity contribution in [1.29, 1.82) is 0 Å². The SMILES string of the molecule is COc1cc(C)ccc1C(=O)N/N=C\c1cc(Cl)c(OC)c(Cl)c1. The van der Waals surface area contributed by atoms with Crippen LogP contribution in [0.4, 0.5) is 0 Å². The van der Waals surface area contributed by atoms with E-state index in [4.69, 9.17) is 32.7 Å². The molecule has 126 valence electrons. The molecule has 7 heteroatoms. The first-order valence-electron chi connectivity index (χ1n) is 6.97. The van der Waals surface area contributed by atoms with E-state index in [2.05, 4.69) is 10.5 Å². The second-order valence-electron chi connectivity index (χ2n) is 4.92. The Labute approximate surface area is 150 Å². The van der Waals surface area contributed by atoms with Crippen LogP contribution in [0.25, 0.3) is 0 Å². The van der Waals surface area contributed by atoms with E-state index in [9.17, 15) is 4.79 Å².